The van der Waals surface area contributed by atoms with Crippen molar-refractivity contribution < 1.29 is 19.1 Å². The van der Waals surface area contributed by atoms with Gasteiger partial charge in [-0.25, -0.2) is 4.79 Å². The number of benzene rings is 1. The molecule has 1 N–H and O–H groups in total. The highest BCUT2D eigenvalue weighted by Crippen LogP contribution is 2.34. The lowest BCUT2D eigenvalue weighted by atomic mass is 10.1. The standard InChI is InChI=1S/C18H17BrN2O4S/c1-4-24-14-7-6-11(8-13(14)19)16(22)21-17-12(9-20)10(3)15(26-17)18(23)25-5-2/h6-8H,4-5H2,1-3H3,(H,21,22). The zero-order valence-corrected chi connectivity index (χ0v) is 16.9. The lowest BCUT2D eigenvalue weighted by Crippen LogP contribution is -2.12. The van der Waals surface area contributed by atoms with E-state index >= 15 is 0 Å². The highest BCUT2D eigenvalue weighted by Gasteiger charge is 2.22. The molecule has 1 heterocycles. The summed E-state index contributed by atoms with van der Waals surface area (Å²) in [5.74, 6) is -0.254. The van der Waals surface area contributed by atoms with Gasteiger partial charge in [-0.05, 0) is 60.5 Å². The normalized spacial score (nSPS) is 10.1. The van der Waals surface area contributed by atoms with Crippen molar-refractivity contribution in [3.05, 3.63) is 44.2 Å². The summed E-state index contributed by atoms with van der Waals surface area (Å²) in [7, 11) is 0. The van der Waals surface area contributed by atoms with Crippen molar-refractivity contribution in [1.82, 2.24) is 0 Å². The molecule has 1 aromatic heterocycles. The van der Waals surface area contributed by atoms with Crippen LogP contribution in [-0.4, -0.2) is 25.1 Å². The predicted octanol–water partition coefficient (Wildman–Crippen LogP) is 4.52. The van der Waals surface area contributed by atoms with E-state index in [1.54, 1.807) is 32.0 Å². The van der Waals surface area contributed by atoms with E-state index in [0.29, 0.717) is 37.8 Å². The summed E-state index contributed by atoms with van der Waals surface area (Å²) in [6, 6.07) is 6.99. The number of esters is 1. The summed E-state index contributed by atoms with van der Waals surface area (Å²) < 4.78 is 11.1. The molecule has 0 atom stereocenters. The van der Waals surface area contributed by atoms with Crippen molar-refractivity contribution in [2.24, 2.45) is 0 Å². The molecule has 1 amide bonds. The van der Waals surface area contributed by atoms with E-state index in [1.165, 1.54) is 0 Å². The minimum absolute atomic E-state index is 0.236. The Kier molecular flexibility index (Phi) is 6.77. The van der Waals surface area contributed by atoms with Gasteiger partial charge in [0.25, 0.3) is 5.91 Å². The van der Waals surface area contributed by atoms with E-state index in [-0.39, 0.29) is 18.1 Å². The SMILES string of the molecule is CCOC(=O)c1sc(NC(=O)c2ccc(OCC)c(Br)c2)c(C#N)c1C. The molecule has 0 aliphatic rings. The maximum atomic E-state index is 12.5. The zero-order valence-electron chi connectivity index (χ0n) is 14.5. The fourth-order valence-electron chi connectivity index (χ4n) is 2.22. The summed E-state index contributed by atoms with van der Waals surface area (Å²) in [5.41, 5.74) is 1.16. The maximum Gasteiger partial charge on any atom is 0.348 e. The Balaban J connectivity index is 2.29. The molecule has 8 heteroatoms. The molecule has 6 nitrogen and oxygen atoms in total. The molecule has 0 radical (unpaired) electrons. The molecule has 2 rings (SSSR count). The Bertz CT molecular complexity index is 886. The van der Waals surface area contributed by atoms with E-state index in [4.69, 9.17) is 9.47 Å². The van der Waals surface area contributed by atoms with Crippen LogP contribution in [0.15, 0.2) is 22.7 Å². The number of nitrogens with zero attached hydrogens (tertiary/aromatic N) is 1. The summed E-state index contributed by atoms with van der Waals surface area (Å²) in [6.45, 7) is 5.99. The van der Waals surface area contributed by atoms with Crippen LogP contribution in [0.5, 0.6) is 5.75 Å². The highest BCUT2D eigenvalue weighted by molar-refractivity contribution is 9.10. The van der Waals surface area contributed by atoms with Gasteiger partial charge in [0, 0.05) is 5.56 Å². The van der Waals surface area contributed by atoms with Crippen LogP contribution < -0.4 is 10.1 Å². The van der Waals surface area contributed by atoms with Crippen molar-refractivity contribution >= 4 is 44.1 Å². The first kappa shape index (κ1) is 19.9. The minimum Gasteiger partial charge on any atom is -0.493 e. The third-order valence-corrected chi connectivity index (χ3v) is 5.25. The number of hydrogen-bond acceptors (Lipinski definition) is 6. The van der Waals surface area contributed by atoms with E-state index in [1.807, 2.05) is 13.0 Å². The molecule has 26 heavy (non-hydrogen) atoms. The topological polar surface area (TPSA) is 88.4 Å². The number of thiophene rings is 1. The minimum atomic E-state index is -0.504. The number of halogens is 1. The Labute approximate surface area is 163 Å². The third kappa shape index (κ3) is 4.23. The first-order valence-electron chi connectivity index (χ1n) is 7.87. The van der Waals surface area contributed by atoms with Gasteiger partial charge in [0.15, 0.2) is 0 Å². The van der Waals surface area contributed by atoms with Gasteiger partial charge in [-0.2, -0.15) is 5.26 Å². The van der Waals surface area contributed by atoms with Crippen LogP contribution in [0.25, 0.3) is 0 Å². The van der Waals surface area contributed by atoms with Crippen molar-refractivity contribution in [2.45, 2.75) is 20.8 Å². The van der Waals surface area contributed by atoms with Crippen LogP contribution in [0.1, 0.15) is 45.0 Å². The largest absolute Gasteiger partial charge is 0.493 e. The number of ether oxygens (including phenoxy) is 2. The second-order valence-corrected chi connectivity index (χ2v) is 7.00. The second-order valence-electron chi connectivity index (χ2n) is 5.12. The highest BCUT2D eigenvalue weighted by atomic mass is 79.9. The van der Waals surface area contributed by atoms with E-state index in [2.05, 4.69) is 21.2 Å². The lowest BCUT2D eigenvalue weighted by molar-refractivity contribution is 0.0531. The number of carbonyl (C=O) groups excluding carboxylic acids is 2. The Morgan fingerprint density at radius 1 is 1.31 bits per heavy atom. The van der Waals surface area contributed by atoms with Crippen molar-refractivity contribution in [2.75, 3.05) is 18.5 Å². The first-order chi connectivity index (χ1) is 12.4. The van der Waals surface area contributed by atoms with E-state index in [9.17, 15) is 14.9 Å². The van der Waals surface area contributed by atoms with Crippen molar-refractivity contribution in [3.63, 3.8) is 0 Å². The second kappa shape index (κ2) is 8.83. The molecular formula is C18H17BrN2O4S. The number of anilines is 1. The van der Waals surface area contributed by atoms with Gasteiger partial charge in [-0.3, -0.25) is 4.79 Å². The predicted molar refractivity (Wildman–Crippen MR) is 103 cm³/mol. The average Bonchev–Trinajstić information content (AvgIpc) is 2.92. The molecule has 0 fully saturated rings. The first-order valence-corrected chi connectivity index (χ1v) is 9.48. The van der Waals surface area contributed by atoms with Gasteiger partial charge in [0.1, 0.15) is 21.7 Å². The maximum absolute atomic E-state index is 12.5. The number of carbonyl (C=O) groups is 2. The molecule has 0 spiro atoms. The molecule has 0 unspecified atom stereocenters. The Morgan fingerprint density at radius 2 is 2.04 bits per heavy atom. The molecule has 0 aliphatic heterocycles. The monoisotopic (exact) mass is 436 g/mol. The molecular weight excluding hydrogens is 420 g/mol. The van der Waals surface area contributed by atoms with Gasteiger partial charge in [0.05, 0.1) is 23.2 Å². The molecule has 0 aliphatic carbocycles. The van der Waals surface area contributed by atoms with E-state index < -0.39 is 5.97 Å². The quantitative estimate of drug-likeness (QED) is 0.672. The van der Waals surface area contributed by atoms with Crippen LogP contribution in [0.4, 0.5) is 5.00 Å². The summed E-state index contributed by atoms with van der Waals surface area (Å²) in [6.07, 6.45) is 0. The fourth-order valence-corrected chi connectivity index (χ4v) is 3.76. The van der Waals surface area contributed by atoms with Crippen molar-refractivity contribution in [3.8, 4) is 11.8 Å². The number of nitrogens with one attached hydrogen (secondary N) is 1. The molecule has 136 valence electrons. The van der Waals surface area contributed by atoms with Gasteiger partial charge in [-0.15, -0.1) is 11.3 Å². The van der Waals surface area contributed by atoms with E-state index in [0.717, 1.165) is 11.3 Å². The summed E-state index contributed by atoms with van der Waals surface area (Å²) in [4.78, 5) is 24.8. The third-order valence-electron chi connectivity index (χ3n) is 3.44. The molecule has 0 saturated carbocycles. The molecule has 0 bridgehead atoms. The van der Waals surface area contributed by atoms with Crippen LogP contribution >= 0.6 is 27.3 Å². The Morgan fingerprint density at radius 3 is 2.62 bits per heavy atom. The summed E-state index contributed by atoms with van der Waals surface area (Å²) >= 11 is 4.40. The number of nitriles is 1. The molecule has 0 saturated heterocycles. The van der Waals surface area contributed by atoms with Crippen molar-refractivity contribution in [1.29, 1.82) is 5.26 Å². The molecule has 2 aromatic rings. The van der Waals surface area contributed by atoms with Gasteiger partial charge in [-0.1, -0.05) is 0 Å². The number of rotatable bonds is 6. The zero-order chi connectivity index (χ0) is 19.3. The van der Waals surface area contributed by atoms with Crippen LogP contribution in [-0.2, 0) is 4.74 Å². The van der Waals surface area contributed by atoms with Crippen LogP contribution in [0.3, 0.4) is 0 Å². The fraction of sp³-hybridized carbons (Fsp3) is 0.278. The number of amides is 1. The number of hydrogen-bond donors (Lipinski definition) is 1. The van der Waals surface area contributed by atoms with Gasteiger partial charge in [0.2, 0.25) is 0 Å². The smallest absolute Gasteiger partial charge is 0.348 e. The van der Waals surface area contributed by atoms with Crippen LogP contribution in [0.2, 0.25) is 0 Å². The lowest BCUT2D eigenvalue weighted by Gasteiger charge is -2.08. The molecule has 1 aromatic carbocycles. The van der Waals surface area contributed by atoms with Crippen LogP contribution in [0, 0.1) is 18.3 Å². The Hall–Kier alpha value is -2.37. The summed E-state index contributed by atoms with van der Waals surface area (Å²) in [5, 5.41) is 12.4. The van der Waals surface area contributed by atoms with Gasteiger partial charge >= 0.3 is 5.97 Å². The van der Waals surface area contributed by atoms with Gasteiger partial charge < -0.3 is 14.8 Å². The average molecular weight is 437 g/mol.